The van der Waals surface area contributed by atoms with Crippen LogP contribution in [0, 0.1) is 5.92 Å². The zero-order valence-electron chi connectivity index (χ0n) is 9.23. The molecule has 1 fully saturated rings. The summed E-state index contributed by atoms with van der Waals surface area (Å²) in [5, 5.41) is 5.28. The van der Waals surface area contributed by atoms with Crippen molar-refractivity contribution in [1.29, 1.82) is 0 Å². The van der Waals surface area contributed by atoms with E-state index in [1.165, 1.54) is 0 Å². The van der Waals surface area contributed by atoms with Crippen LogP contribution in [0.2, 0.25) is 0 Å². The van der Waals surface area contributed by atoms with Gasteiger partial charge in [-0.1, -0.05) is 6.42 Å². The molecule has 0 aromatic carbocycles. The van der Waals surface area contributed by atoms with Crippen molar-refractivity contribution in [2.45, 2.75) is 37.9 Å². The second-order valence-corrected chi connectivity index (χ2v) is 4.20. The molecule has 1 aliphatic rings. The van der Waals surface area contributed by atoms with Crippen LogP contribution in [0.25, 0.3) is 0 Å². The van der Waals surface area contributed by atoms with Gasteiger partial charge in [0, 0.05) is 6.04 Å². The summed E-state index contributed by atoms with van der Waals surface area (Å²) in [6, 6.07) is -0.332. The molecule has 0 saturated heterocycles. The maximum absolute atomic E-state index is 12.5. The Morgan fingerprint density at radius 2 is 2.06 bits per heavy atom. The molecule has 1 amide bonds. The molecule has 0 aliphatic heterocycles. The number of amides is 1. The first-order valence-corrected chi connectivity index (χ1v) is 5.44. The van der Waals surface area contributed by atoms with Crippen LogP contribution in [0.15, 0.2) is 0 Å². The summed E-state index contributed by atoms with van der Waals surface area (Å²) in [5.74, 6) is -1.50. The van der Waals surface area contributed by atoms with Crippen LogP contribution in [-0.2, 0) is 4.79 Å². The van der Waals surface area contributed by atoms with Gasteiger partial charge in [-0.25, -0.2) is 0 Å². The Morgan fingerprint density at radius 3 is 2.62 bits per heavy atom. The number of alkyl halides is 3. The molecule has 2 N–H and O–H groups in total. The summed E-state index contributed by atoms with van der Waals surface area (Å²) in [6.45, 7) is 0.146. The van der Waals surface area contributed by atoms with Crippen LogP contribution in [0.4, 0.5) is 13.2 Å². The van der Waals surface area contributed by atoms with Crippen LogP contribution in [0.1, 0.15) is 25.7 Å². The molecule has 0 radical (unpaired) electrons. The van der Waals surface area contributed by atoms with Crippen molar-refractivity contribution >= 4 is 5.91 Å². The van der Waals surface area contributed by atoms with Crippen molar-refractivity contribution in [3.05, 3.63) is 0 Å². The standard InChI is InChI=1S/C10H17F3N2O/c1-14-6-9(16)15-8-4-2-3-7(5-8)10(11,12)13/h7-8,14H,2-6H2,1H3,(H,15,16). The molecule has 2 unspecified atom stereocenters. The number of carbonyl (C=O) groups excluding carboxylic acids is 1. The highest BCUT2D eigenvalue weighted by atomic mass is 19.4. The van der Waals surface area contributed by atoms with Gasteiger partial charge in [-0.3, -0.25) is 4.79 Å². The zero-order chi connectivity index (χ0) is 12.2. The van der Waals surface area contributed by atoms with Crippen LogP contribution in [0.3, 0.4) is 0 Å². The molecule has 1 saturated carbocycles. The van der Waals surface area contributed by atoms with Gasteiger partial charge in [0.2, 0.25) is 5.91 Å². The van der Waals surface area contributed by atoms with Crippen LogP contribution in [-0.4, -0.2) is 31.7 Å². The highest BCUT2D eigenvalue weighted by Gasteiger charge is 2.42. The van der Waals surface area contributed by atoms with Crippen molar-refractivity contribution < 1.29 is 18.0 Å². The number of hydrogen-bond acceptors (Lipinski definition) is 2. The van der Waals surface area contributed by atoms with Crippen molar-refractivity contribution in [2.24, 2.45) is 5.92 Å². The summed E-state index contributed by atoms with van der Waals surface area (Å²) in [4.78, 5) is 11.2. The fourth-order valence-corrected chi connectivity index (χ4v) is 2.06. The second-order valence-electron chi connectivity index (χ2n) is 4.20. The predicted molar refractivity (Wildman–Crippen MR) is 53.9 cm³/mol. The maximum atomic E-state index is 12.5. The first-order chi connectivity index (χ1) is 7.43. The van der Waals surface area contributed by atoms with E-state index < -0.39 is 12.1 Å². The lowest BCUT2D eigenvalue weighted by Crippen LogP contribution is -2.44. The first kappa shape index (κ1) is 13.3. The Balaban J connectivity index is 2.42. The molecule has 1 rings (SSSR count). The number of nitrogens with one attached hydrogen (secondary N) is 2. The highest BCUT2D eigenvalue weighted by molar-refractivity contribution is 5.78. The van der Waals surface area contributed by atoms with Gasteiger partial charge < -0.3 is 10.6 Å². The third kappa shape index (κ3) is 4.00. The van der Waals surface area contributed by atoms with Crippen molar-refractivity contribution in [2.75, 3.05) is 13.6 Å². The van der Waals surface area contributed by atoms with E-state index in [9.17, 15) is 18.0 Å². The average Bonchev–Trinajstić information content (AvgIpc) is 2.17. The van der Waals surface area contributed by atoms with E-state index >= 15 is 0 Å². The Morgan fingerprint density at radius 1 is 1.38 bits per heavy atom. The van der Waals surface area contributed by atoms with Crippen molar-refractivity contribution in [1.82, 2.24) is 10.6 Å². The lowest BCUT2D eigenvalue weighted by atomic mass is 9.85. The molecule has 0 aromatic heterocycles. The lowest BCUT2D eigenvalue weighted by molar-refractivity contribution is -0.184. The van der Waals surface area contributed by atoms with E-state index in [1.807, 2.05) is 0 Å². The lowest BCUT2D eigenvalue weighted by Gasteiger charge is -2.31. The SMILES string of the molecule is CNCC(=O)NC1CCCC(C(F)(F)F)C1. The molecule has 1 aliphatic carbocycles. The minimum atomic E-state index is -4.13. The van der Waals surface area contributed by atoms with Crippen LogP contribution in [0.5, 0.6) is 0 Å². The minimum Gasteiger partial charge on any atom is -0.352 e. The molecular formula is C10H17F3N2O. The molecule has 3 nitrogen and oxygen atoms in total. The van der Waals surface area contributed by atoms with Gasteiger partial charge in [0.05, 0.1) is 12.5 Å². The molecule has 0 aromatic rings. The zero-order valence-corrected chi connectivity index (χ0v) is 9.23. The summed E-state index contributed by atoms with van der Waals surface area (Å²) in [5.41, 5.74) is 0. The Hall–Kier alpha value is -0.780. The number of hydrogen-bond donors (Lipinski definition) is 2. The van der Waals surface area contributed by atoms with E-state index in [0.717, 1.165) is 0 Å². The summed E-state index contributed by atoms with van der Waals surface area (Å²) < 4.78 is 37.4. The highest BCUT2D eigenvalue weighted by Crippen LogP contribution is 2.37. The third-order valence-electron chi connectivity index (χ3n) is 2.84. The van der Waals surface area contributed by atoms with E-state index in [4.69, 9.17) is 0 Å². The molecule has 2 atom stereocenters. The van der Waals surface area contributed by atoms with Gasteiger partial charge in [-0.2, -0.15) is 13.2 Å². The fraction of sp³-hybridized carbons (Fsp3) is 0.900. The molecule has 0 spiro atoms. The third-order valence-corrected chi connectivity index (χ3v) is 2.84. The summed E-state index contributed by atoms with van der Waals surface area (Å²) in [7, 11) is 1.62. The van der Waals surface area contributed by atoms with Crippen LogP contribution < -0.4 is 10.6 Å². The number of likely N-dealkylation sites (N-methyl/N-ethyl adjacent to an activating group) is 1. The predicted octanol–water partition coefficient (Wildman–Crippen LogP) is 1.44. The maximum Gasteiger partial charge on any atom is 0.391 e. The molecule has 6 heteroatoms. The molecule has 16 heavy (non-hydrogen) atoms. The summed E-state index contributed by atoms with van der Waals surface area (Å²) in [6.07, 6.45) is -2.77. The molecule has 0 heterocycles. The van der Waals surface area contributed by atoms with Crippen molar-refractivity contribution in [3.63, 3.8) is 0 Å². The normalized spacial score (nSPS) is 26.5. The quantitative estimate of drug-likeness (QED) is 0.781. The van der Waals surface area contributed by atoms with Gasteiger partial charge in [-0.05, 0) is 26.3 Å². The van der Waals surface area contributed by atoms with Gasteiger partial charge in [0.1, 0.15) is 0 Å². The Kier molecular flexibility index (Phi) is 4.58. The molecule has 94 valence electrons. The number of rotatable bonds is 3. The van der Waals surface area contributed by atoms with Gasteiger partial charge >= 0.3 is 6.18 Å². The van der Waals surface area contributed by atoms with Gasteiger partial charge in [0.15, 0.2) is 0 Å². The average molecular weight is 238 g/mol. The van der Waals surface area contributed by atoms with E-state index in [0.29, 0.717) is 12.8 Å². The largest absolute Gasteiger partial charge is 0.391 e. The Bertz CT molecular complexity index is 243. The van der Waals surface area contributed by atoms with Gasteiger partial charge in [0.25, 0.3) is 0 Å². The fourth-order valence-electron chi connectivity index (χ4n) is 2.06. The van der Waals surface area contributed by atoms with E-state index in [2.05, 4.69) is 10.6 Å². The van der Waals surface area contributed by atoms with Crippen molar-refractivity contribution in [3.8, 4) is 0 Å². The van der Waals surface area contributed by atoms with Gasteiger partial charge in [-0.15, -0.1) is 0 Å². The molecule has 0 bridgehead atoms. The Labute approximate surface area is 92.8 Å². The summed E-state index contributed by atoms with van der Waals surface area (Å²) >= 11 is 0. The smallest absolute Gasteiger partial charge is 0.352 e. The number of halogens is 3. The van der Waals surface area contributed by atoms with E-state index in [-0.39, 0.29) is 31.3 Å². The molecular weight excluding hydrogens is 221 g/mol. The monoisotopic (exact) mass is 238 g/mol. The first-order valence-electron chi connectivity index (χ1n) is 5.44. The second kappa shape index (κ2) is 5.52. The minimum absolute atomic E-state index is 0.0129. The topological polar surface area (TPSA) is 41.1 Å². The van der Waals surface area contributed by atoms with E-state index in [1.54, 1.807) is 7.05 Å². The number of carbonyl (C=O) groups is 1. The van der Waals surface area contributed by atoms with Crippen LogP contribution >= 0.6 is 0 Å².